The average molecular weight is 289 g/mol. The second-order valence-electron chi connectivity index (χ2n) is 5.50. The molecule has 22 heavy (non-hydrogen) atoms. The Morgan fingerprint density at radius 3 is 2.32 bits per heavy atom. The van der Waals surface area contributed by atoms with Gasteiger partial charge in [0.25, 0.3) is 0 Å². The third kappa shape index (κ3) is 4.53. The zero-order chi connectivity index (χ0) is 15.8. The first-order chi connectivity index (χ1) is 10.7. The van der Waals surface area contributed by atoms with Gasteiger partial charge in [0.05, 0.1) is 0 Å². The zero-order valence-electron chi connectivity index (χ0n) is 13.4. The molecular weight excluding hydrogens is 266 g/mol. The Labute approximate surface area is 133 Å². The minimum atomic E-state index is 0.767. The van der Waals surface area contributed by atoms with E-state index in [0.29, 0.717) is 0 Å². The lowest BCUT2D eigenvalue weighted by Crippen LogP contribution is -1.89. The minimum absolute atomic E-state index is 0.767. The number of nitrogens with two attached hydrogens (primary N) is 1. The van der Waals surface area contributed by atoms with Crippen molar-refractivity contribution in [1.29, 1.82) is 0 Å². The van der Waals surface area contributed by atoms with Gasteiger partial charge in [-0.2, -0.15) is 0 Å². The molecule has 2 N–H and O–H groups in total. The fraction of sp³-hybridized carbons (Fsp3) is 0.238. The Morgan fingerprint density at radius 1 is 1.00 bits per heavy atom. The fourth-order valence-corrected chi connectivity index (χ4v) is 2.30. The first-order valence-corrected chi connectivity index (χ1v) is 7.83. The summed E-state index contributed by atoms with van der Waals surface area (Å²) in [4.78, 5) is 0. The summed E-state index contributed by atoms with van der Waals surface area (Å²) in [6.07, 6.45) is 3.49. The highest BCUT2D eigenvalue weighted by molar-refractivity contribution is 5.81. The van der Waals surface area contributed by atoms with E-state index in [0.717, 1.165) is 23.2 Å². The number of rotatable bonds is 4. The van der Waals surface area contributed by atoms with Crippen LogP contribution in [0.4, 0.5) is 5.69 Å². The predicted octanol–water partition coefficient (Wildman–Crippen LogP) is 5.28. The number of hydrogen-bond acceptors (Lipinski definition) is 1. The van der Waals surface area contributed by atoms with Gasteiger partial charge in [-0.05, 0) is 49.6 Å². The normalized spacial score (nSPS) is 11.4. The summed E-state index contributed by atoms with van der Waals surface area (Å²) in [6.45, 7) is 4.41. The Hall–Kier alpha value is -2.46. The number of nitrogen functional groups attached to an aromatic ring is 1. The molecule has 0 saturated heterocycles. The van der Waals surface area contributed by atoms with E-state index in [1.54, 1.807) is 0 Å². The summed E-state index contributed by atoms with van der Waals surface area (Å²) in [5, 5.41) is 0. The lowest BCUT2D eigenvalue weighted by Gasteiger charge is -2.07. The van der Waals surface area contributed by atoms with E-state index in [9.17, 15) is 0 Å². The van der Waals surface area contributed by atoms with Gasteiger partial charge in [0.15, 0.2) is 0 Å². The maximum Gasteiger partial charge on any atom is 0.0314 e. The quantitative estimate of drug-likeness (QED) is 0.601. The second-order valence-corrected chi connectivity index (χ2v) is 5.50. The molecule has 0 saturated carbocycles. The maximum absolute atomic E-state index is 5.72. The van der Waals surface area contributed by atoms with Crippen LogP contribution >= 0.6 is 0 Å². The van der Waals surface area contributed by atoms with Crippen LogP contribution in [0.25, 0.3) is 5.57 Å². The number of anilines is 1. The summed E-state index contributed by atoms with van der Waals surface area (Å²) in [7, 11) is 0. The van der Waals surface area contributed by atoms with Crippen LogP contribution in [0.1, 0.15) is 44.2 Å². The molecule has 0 heterocycles. The molecule has 0 amide bonds. The summed E-state index contributed by atoms with van der Waals surface area (Å²) in [6, 6.07) is 18.1. The van der Waals surface area contributed by atoms with E-state index in [4.69, 9.17) is 5.73 Å². The van der Waals surface area contributed by atoms with Crippen molar-refractivity contribution in [2.24, 2.45) is 0 Å². The molecule has 0 aromatic heterocycles. The molecule has 112 valence electrons. The molecule has 0 fully saturated rings. The van der Waals surface area contributed by atoms with Crippen molar-refractivity contribution in [3.63, 3.8) is 0 Å². The predicted molar refractivity (Wildman–Crippen MR) is 96.3 cm³/mol. The second kappa shape index (κ2) is 8.10. The Morgan fingerprint density at radius 2 is 1.68 bits per heavy atom. The van der Waals surface area contributed by atoms with Crippen LogP contribution in [0.15, 0.2) is 60.2 Å². The van der Waals surface area contributed by atoms with E-state index in [1.807, 2.05) is 30.3 Å². The molecule has 0 aliphatic carbocycles. The smallest absolute Gasteiger partial charge is 0.0314 e. The van der Waals surface area contributed by atoms with Gasteiger partial charge in [-0.1, -0.05) is 61.1 Å². The highest BCUT2D eigenvalue weighted by atomic mass is 14.5. The van der Waals surface area contributed by atoms with Crippen molar-refractivity contribution in [3.05, 3.63) is 71.3 Å². The van der Waals surface area contributed by atoms with E-state index in [2.05, 4.69) is 50.0 Å². The summed E-state index contributed by atoms with van der Waals surface area (Å²) >= 11 is 0. The van der Waals surface area contributed by atoms with Gasteiger partial charge in [0.2, 0.25) is 0 Å². The van der Waals surface area contributed by atoms with Crippen LogP contribution in [0, 0.1) is 11.8 Å². The largest absolute Gasteiger partial charge is 0.399 e. The zero-order valence-corrected chi connectivity index (χ0v) is 13.4. The molecule has 0 bridgehead atoms. The lowest BCUT2D eigenvalue weighted by atomic mass is 9.97. The molecule has 0 spiro atoms. The van der Waals surface area contributed by atoms with Crippen LogP contribution in [-0.2, 0) is 0 Å². The van der Waals surface area contributed by atoms with Gasteiger partial charge < -0.3 is 5.73 Å². The van der Waals surface area contributed by atoms with Crippen molar-refractivity contribution in [1.82, 2.24) is 0 Å². The Kier molecular flexibility index (Phi) is 5.86. The van der Waals surface area contributed by atoms with Crippen LogP contribution in [0.3, 0.4) is 0 Å². The van der Waals surface area contributed by atoms with Crippen LogP contribution in [0.5, 0.6) is 0 Å². The average Bonchev–Trinajstić information content (AvgIpc) is 2.56. The minimum Gasteiger partial charge on any atom is -0.399 e. The third-order valence-electron chi connectivity index (χ3n) is 3.64. The molecule has 0 aliphatic rings. The molecule has 2 aromatic carbocycles. The molecule has 0 radical (unpaired) electrons. The molecule has 2 aromatic rings. The third-order valence-corrected chi connectivity index (χ3v) is 3.64. The van der Waals surface area contributed by atoms with Crippen LogP contribution in [-0.4, -0.2) is 0 Å². The Balaban J connectivity index is 2.36. The topological polar surface area (TPSA) is 26.0 Å². The molecule has 1 nitrogen and oxygen atoms in total. The maximum atomic E-state index is 5.72. The van der Waals surface area contributed by atoms with Crippen LogP contribution < -0.4 is 5.73 Å². The first-order valence-electron chi connectivity index (χ1n) is 7.83. The highest BCUT2D eigenvalue weighted by Crippen LogP contribution is 2.21. The van der Waals surface area contributed by atoms with Crippen molar-refractivity contribution in [2.75, 3.05) is 5.73 Å². The number of unbranched alkanes of at least 4 members (excludes halogenated alkanes) is 1. The van der Waals surface area contributed by atoms with Crippen molar-refractivity contribution >= 4 is 11.3 Å². The van der Waals surface area contributed by atoms with Crippen molar-refractivity contribution in [3.8, 4) is 11.8 Å². The van der Waals surface area contributed by atoms with Gasteiger partial charge in [-0.3, -0.25) is 0 Å². The van der Waals surface area contributed by atoms with Gasteiger partial charge in [0, 0.05) is 16.8 Å². The SMILES string of the molecule is CCCC/C(C)=C(/C#Cc1ccc(N)cc1)c1ccccc1. The van der Waals surface area contributed by atoms with E-state index < -0.39 is 0 Å². The first kappa shape index (κ1) is 15.9. The molecule has 0 atom stereocenters. The van der Waals surface area contributed by atoms with E-state index in [-0.39, 0.29) is 0 Å². The molecule has 2 rings (SSSR count). The summed E-state index contributed by atoms with van der Waals surface area (Å²) < 4.78 is 0. The van der Waals surface area contributed by atoms with Crippen molar-refractivity contribution in [2.45, 2.75) is 33.1 Å². The van der Waals surface area contributed by atoms with Gasteiger partial charge in [-0.15, -0.1) is 0 Å². The van der Waals surface area contributed by atoms with E-state index >= 15 is 0 Å². The molecule has 1 heteroatoms. The Bertz CT molecular complexity index is 682. The molecular formula is C21H23N. The molecule has 0 aliphatic heterocycles. The molecule has 0 unspecified atom stereocenters. The van der Waals surface area contributed by atoms with Crippen molar-refractivity contribution < 1.29 is 0 Å². The number of allylic oxidation sites excluding steroid dienone is 2. The monoisotopic (exact) mass is 289 g/mol. The van der Waals surface area contributed by atoms with E-state index in [1.165, 1.54) is 24.0 Å². The van der Waals surface area contributed by atoms with Crippen LogP contribution in [0.2, 0.25) is 0 Å². The van der Waals surface area contributed by atoms with Gasteiger partial charge in [-0.25, -0.2) is 0 Å². The standard InChI is InChI=1S/C21H23N/c1-3-4-8-17(2)21(19-9-6-5-7-10-19)16-13-18-11-14-20(22)15-12-18/h5-7,9-12,14-15H,3-4,8,22H2,1-2H3/b21-17-. The summed E-state index contributed by atoms with van der Waals surface area (Å²) in [5.41, 5.74) is 11.2. The van der Waals surface area contributed by atoms with Gasteiger partial charge >= 0.3 is 0 Å². The number of hydrogen-bond donors (Lipinski definition) is 1. The summed E-state index contributed by atoms with van der Waals surface area (Å²) in [5.74, 6) is 6.63. The van der Waals surface area contributed by atoms with Gasteiger partial charge in [0.1, 0.15) is 0 Å². The fourth-order valence-electron chi connectivity index (χ4n) is 2.30. The highest BCUT2D eigenvalue weighted by Gasteiger charge is 2.03. The number of benzene rings is 2. The lowest BCUT2D eigenvalue weighted by molar-refractivity contribution is 0.789.